The summed E-state index contributed by atoms with van der Waals surface area (Å²) in [6.07, 6.45) is 0.131. The topological polar surface area (TPSA) is 92.4 Å². The monoisotopic (exact) mass is 465 g/mol. The van der Waals surface area contributed by atoms with Crippen LogP contribution in [0.3, 0.4) is 0 Å². The van der Waals surface area contributed by atoms with Gasteiger partial charge in [0.1, 0.15) is 5.82 Å². The van der Waals surface area contributed by atoms with Gasteiger partial charge in [0.05, 0.1) is 18.4 Å². The highest BCUT2D eigenvalue weighted by Gasteiger charge is 2.27. The minimum Gasteiger partial charge on any atom is -0.415 e. The number of aromatic nitrogens is 3. The number of nitrogens with zero attached hydrogens (tertiary/aromatic N) is 5. The molecule has 12 heteroatoms. The lowest BCUT2D eigenvalue weighted by atomic mass is 10.1. The van der Waals surface area contributed by atoms with E-state index in [1.54, 1.807) is 23.2 Å². The number of urea groups is 1. The second-order valence-electron chi connectivity index (χ2n) is 6.97. The summed E-state index contributed by atoms with van der Waals surface area (Å²) in [5.41, 5.74) is 0.815. The first-order chi connectivity index (χ1) is 15.4. The molecule has 3 aromatic rings. The SMILES string of the molecule is O=C(N1CCS(=O)CC1)N(Cc1ccc(-c2nnc(C(F)F)o2)cc1F)c1cccnc1. The van der Waals surface area contributed by atoms with Gasteiger partial charge in [-0.3, -0.25) is 14.1 Å². The van der Waals surface area contributed by atoms with Crippen LogP contribution in [-0.2, 0) is 17.3 Å². The first kappa shape index (κ1) is 21.9. The Morgan fingerprint density at radius 2 is 2.00 bits per heavy atom. The molecule has 0 unspecified atom stereocenters. The number of hydrogen-bond donors (Lipinski definition) is 0. The molecule has 1 fully saturated rings. The third kappa shape index (κ3) is 4.79. The quantitative estimate of drug-likeness (QED) is 0.574. The number of carbonyl (C=O) groups excluding carboxylic acids is 1. The van der Waals surface area contributed by atoms with Crippen molar-refractivity contribution >= 4 is 22.5 Å². The lowest BCUT2D eigenvalue weighted by Crippen LogP contribution is -2.48. The molecule has 32 heavy (non-hydrogen) atoms. The van der Waals surface area contributed by atoms with E-state index in [4.69, 9.17) is 4.42 Å². The molecule has 1 aliphatic heterocycles. The molecule has 8 nitrogen and oxygen atoms in total. The van der Waals surface area contributed by atoms with Gasteiger partial charge >= 0.3 is 12.5 Å². The summed E-state index contributed by atoms with van der Waals surface area (Å²) in [4.78, 5) is 20.2. The maximum atomic E-state index is 14.9. The van der Waals surface area contributed by atoms with E-state index >= 15 is 0 Å². The number of anilines is 1. The fraction of sp³-hybridized carbons (Fsp3) is 0.300. The van der Waals surface area contributed by atoms with Crippen LogP contribution < -0.4 is 4.90 Å². The van der Waals surface area contributed by atoms with Crippen molar-refractivity contribution in [2.24, 2.45) is 0 Å². The fourth-order valence-corrected chi connectivity index (χ4v) is 4.25. The van der Waals surface area contributed by atoms with Gasteiger partial charge in [0.2, 0.25) is 5.89 Å². The molecule has 1 saturated heterocycles. The summed E-state index contributed by atoms with van der Waals surface area (Å²) in [6, 6.07) is 6.97. The van der Waals surface area contributed by atoms with Gasteiger partial charge in [-0.15, -0.1) is 10.2 Å². The van der Waals surface area contributed by atoms with Crippen LogP contribution in [0.2, 0.25) is 0 Å². The van der Waals surface area contributed by atoms with E-state index in [0.29, 0.717) is 30.3 Å². The molecule has 1 aromatic carbocycles. The number of amides is 2. The van der Waals surface area contributed by atoms with Crippen molar-refractivity contribution in [1.82, 2.24) is 20.1 Å². The smallest absolute Gasteiger partial charge is 0.324 e. The number of rotatable bonds is 5. The van der Waals surface area contributed by atoms with Gasteiger partial charge in [0.15, 0.2) is 0 Å². The van der Waals surface area contributed by atoms with E-state index in [1.165, 1.54) is 23.2 Å². The van der Waals surface area contributed by atoms with Gasteiger partial charge in [-0.25, -0.2) is 9.18 Å². The Kier molecular flexibility index (Phi) is 6.49. The second kappa shape index (κ2) is 9.47. The van der Waals surface area contributed by atoms with Gasteiger partial charge in [-0.2, -0.15) is 8.78 Å². The predicted molar refractivity (Wildman–Crippen MR) is 110 cm³/mol. The summed E-state index contributed by atoms with van der Waals surface area (Å²) >= 11 is 0. The highest BCUT2D eigenvalue weighted by atomic mass is 32.2. The highest BCUT2D eigenvalue weighted by molar-refractivity contribution is 7.85. The maximum absolute atomic E-state index is 14.9. The average molecular weight is 465 g/mol. The van der Waals surface area contributed by atoms with Crippen LogP contribution in [0, 0.1) is 5.82 Å². The van der Waals surface area contributed by atoms with Crippen molar-refractivity contribution in [1.29, 1.82) is 0 Å². The summed E-state index contributed by atoms with van der Waals surface area (Å²) in [6.45, 7) is 0.586. The molecule has 3 heterocycles. The lowest BCUT2D eigenvalue weighted by Gasteiger charge is -2.32. The van der Waals surface area contributed by atoms with Crippen LogP contribution in [-0.4, -0.2) is 54.9 Å². The zero-order valence-electron chi connectivity index (χ0n) is 16.7. The zero-order valence-corrected chi connectivity index (χ0v) is 17.5. The molecule has 0 N–H and O–H groups in total. The summed E-state index contributed by atoms with van der Waals surface area (Å²) < 4.78 is 56.7. The molecule has 0 saturated carbocycles. The summed E-state index contributed by atoms with van der Waals surface area (Å²) in [7, 11) is -0.951. The Morgan fingerprint density at radius 3 is 2.62 bits per heavy atom. The maximum Gasteiger partial charge on any atom is 0.324 e. The van der Waals surface area contributed by atoms with E-state index in [1.807, 2.05) is 0 Å². The Hall–Kier alpha value is -3.28. The average Bonchev–Trinajstić information content (AvgIpc) is 3.30. The van der Waals surface area contributed by atoms with Crippen molar-refractivity contribution < 1.29 is 26.6 Å². The van der Waals surface area contributed by atoms with Crippen molar-refractivity contribution in [3.63, 3.8) is 0 Å². The number of alkyl halides is 2. The third-order valence-corrected chi connectivity index (χ3v) is 6.17. The van der Waals surface area contributed by atoms with Crippen molar-refractivity contribution in [2.75, 3.05) is 29.5 Å². The number of pyridine rings is 1. The molecule has 0 radical (unpaired) electrons. The van der Waals surface area contributed by atoms with Crippen LogP contribution >= 0.6 is 0 Å². The molecule has 0 aliphatic carbocycles. The fourth-order valence-electron chi connectivity index (χ4n) is 3.20. The molecular weight excluding hydrogens is 447 g/mol. The van der Waals surface area contributed by atoms with E-state index in [2.05, 4.69) is 15.2 Å². The first-order valence-corrected chi connectivity index (χ1v) is 11.1. The molecule has 168 valence electrons. The van der Waals surface area contributed by atoms with Crippen LogP contribution in [0.25, 0.3) is 11.5 Å². The molecule has 2 amide bonds. The van der Waals surface area contributed by atoms with Gasteiger partial charge in [-0.1, -0.05) is 6.07 Å². The molecule has 0 spiro atoms. The van der Waals surface area contributed by atoms with Crippen LogP contribution in [0.4, 0.5) is 23.7 Å². The Bertz CT molecular complexity index is 1120. The number of hydrogen-bond acceptors (Lipinski definition) is 6. The van der Waals surface area contributed by atoms with Crippen LogP contribution in [0.5, 0.6) is 0 Å². The van der Waals surface area contributed by atoms with E-state index in [9.17, 15) is 22.2 Å². The Morgan fingerprint density at radius 1 is 1.22 bits per heavy atom. The molecule has 2 aromatic heterocycles. The van der Waals surface area contributed by atoms with Crippen LogP contribution in [0.1, 0.15) is 17.9 Å². The van der Waals surface area contributed by atoms with Crippen molar-refractivity contribution in [3.8, 4) is 11.5 Å². The number of benzene rings is 1. The molecule has 0 bridgehead atoms. The number of halogens is 3. The number of carbonyl (C=O) groups is 1. The van der Waals surface area contributed by atoms with Crippen LogP contribution in [0.15, 0.2) is 47.1 Å². The third-order valence-electron chi connectivity index (χ3n) is 4.89. The normalized spacial score (nSPS) is 14.7. The molecule has 0 atom stereocenters. The van der Waals surface area contributed by atoms with Gasteiger partial charge < -0.3 is 9.32 Å². The molecule has 1 aliphatic rings. The van der Waals surface area contributed by atoms with Crippen molar-refractivity contribution in [2.45, 2.75) is 13.0 Å². The Labute approximate surface area is 183 Å². The minimum absolute atomic E-state index is 0.0949. The van der Waals surface area contributed by atoms with Gasteiger partial charge in [0, 0.05) is 52.7 Å². The molecule has 4 rings (SSSR count). The van der Waals surface area contributed by atoms with Crippen molar-refractivity contribution in [3.05, 3.63) is 60.0 Å². The lowest BCUT2D eigenvalue weighted by molar-refractivity contribution is 0.116. The minimum atomic E-state index is -2.92. The predicted octanol–water partition coefficient (Wildman–Crippen LogP) is 3.40. The van der Waals surface area contributed by atoms with E-state index < -0.39 is 28.9 Å². The zero-order chi connectivity index (χ0) is 22.7. The molecular formula is C20H18F3N5O3S. The van der Waals surface area contributed by atoms with E-state index in [-0.39, 0.29) is 29.6 Å². The standard InChI is InChI=1S/C20H18F3N5O3S/c21-16-10-13(18-25-26-19(31-18)17(22)23)3-4-14(16)12-28(15-2-1-5-24-11-15)20(29)27-6-8-32(30)9-7-27/h1-5,10-11,17H,6-9,12H2. The second-order valence-corrected chi connectivity index (χ2v) is 8.66. The largest absolute Gasteiger partial charge is 0.415 e. The first-order valence-electron chi connectivity index (χ1n) is 9.64. The summed E-state index contributed by atoms with van der Waals surface area (Å²) in [5, 5.41) is 6.75. The Balaban J connectivity index is 1.59. The van der Waals surface area contributed by atoms with Gasteiger partial charge in [0.25, 0.3) is 5.89 Å². The van der Waals surface area contributed by atoms with Gasteiger partial charge in [-0.05, 0) is 24.3 Å². The van der Waals surface area contributed by atoms with E-state index in [0.717, 1.165) is 6.07 Å². The highest BCUT2D eigenvalue weighted by Crippen LogP contribution is 2.26. The summed E-state index contributed by atoms with van der Waals surface area (Å²) in [5.74, 6) is -0.964.